The molecule has 0 saturated heterocycles. The SMILES string of the molecule is CC/C=C\CCOC(=O)Cl. The molecular formula is C7H11ClO2. The second kappa shape index (κ2) is 6.62. The normalized spacial score (nSPS) is 10.2. The molecule has 0 aromatic heterocycles. The molecule has 0 amide bonds. The molecule has 0 fully saturated rings. The Hall–Kier alpha value is -0.500. The van der Waals surface area contributed by atoms with Gasteiger partial charge < -0.3 is 4.74 Å². The number of rotatable bonds is 4. The van der Waals surface area contributed by atoms with E-state index >= 15 is 0 Å². The Kier molecular flexibility index (Phi) is 6.29. The first-order valence-corrected chi connectivity index (χ1v) is 3.62. The van der Waals surface area contributed by atoms with Crippen molar-refractivity contribution in [3.8, 4) is 0 Å². The van der Waals surface area contributed by atoms with E-state index in [4.69, 9.17) is 11.6 Å². The molecule has 3 heteroatoms. The molecule has 0 spiro atoms. The van der Waals surface area contributed by atoms with E-state index in [0.717, 1.165) is 12.8 Å². The topological polar surface area (TPSA) is 26.3 Å². The van der Waals surface area contributed by atoms with Gasteiger partial charge in [0.05, 0.1) is 6.61 Å². The van der Waals surface area contributed by atoms with Crippen molar-refractivity contribution in [2.45, 2.75) is 19.8 Å². The molecule has 0 heterocycles. The lowest BCUT2D eigenvalue weighted by Gasteiger charge is -1.93. The summed E-state index contributed by atoms with van der Waals surface area (Å²) in [5.41, 5.74) is -0.732. The molecule has 0 radical (unpaired) electrons. The summed E-state index contributed by atoms with van der Waals surface area (Å²) in [6, 6.07) is 0. The van der Waals surface area contributed by atoms with Gasteiger partial charge in [-0.15, -0.1) is 0 Å². The minimum absolute atomic E-state index is 0.374. The zero-order chi connectivity index (χ0) is 7.82. The van der Waals surface area contributed by atoms with Crippen molar-refractivity contribution in [1.82, 2.24) is 0 Å². The molecule has 0 N–H and O–H groups in total. The lowest BCUT2D eigenvalue weighted by molar-refractivity contribution is 0.175. The average molecular weight is 163 g/mol. The van der Waals surface area contributed by atoms with Crippen LogP contribution >= 0.6 is 11.6 Å². The van der Waals surface area contributed by atoms with Gasteiger partial charge in [0, 0.05) is 11.6 Å². The number of allylic oxidation sites excluding steroid dienone is 1. The van der Waals surface area contributed by atoms with E-state index in [2.05, 4.69) is 4.74 Å². The van der Waals surface area contributed by atoms with Crippen LogP contribution in [-0.2, 0) is 4.74 Å². The van der Waals surface area contributed by atoms with Gasteiger partial charge in [-0.25, -0.2) is 4.79 Å². The maximum Gasteiger partial charge on any atom is 0.403 e. The van der Waals surface area contributed by atoms with Crippen LogP contribution in [0.2, 0.25) is 0 Å². The highest BCUT2D eigenvalue weighted by molar-refractivity contribution is 6.61. The maximum absolute atomic E-state index is 10.00. The highest BCUT2D eigenvalue weighted by Crippen LogP contribution is 1.91. The van der Waals surface area contributed by atoms with Gasteiger partial charge in [-0.3, -0.25) is 0 Å². The summed E-state index contributed by atoms with van der Waals surface area (Å²) in [5.74, 6) is 0. The van der Waals surface area contributed by atoms with Gasteiger partial charge in [0.15, 0.2) is 0 Å². The average Bonchev–Trinajstić information content (AvgIpc) is 1.87. The zero-order valence-corrected chi connectivity index (χ0v) is 6.73. The molecule has 0 rings (SSSR count). The van der Waals surface area contributed by atoms with E-state index in [9.17, 15) is 4.79 Å². The van der Waals surface area contributed by atoms with Crippen LogP contribution in [0.15, 0.2) is 12.2 Å². The molecule has 58 valence electrons. The van der Waals surface area contributed by atoms with Crippen molar-refractivity contribution < 1.29 is 9.53 Å². The molecule has 0 aliphatic heterocycles. The standard InChI is InChI=1S/C7H11ClO2/c1-2-3-4-5-6-10-7(8)9/h3-4H,2,5-6H2,1H3/b4-3-. The van der Waals surface area contributed by atoms with Crippen molar-refractivity contribution in [1.29, 1.82) is 0 Å². The summed E-state index contributed by atoms with van der Waals surface area (Å²) in [7, 11) is 0. The number of hydrogen-bond acceptors (Lipinski definition) is 2. The van der Waals surface area contributed by atoms with E-state index in [0.29, 0.717) is 6.61 Å². The summed E-state index contributed by atoms with van der Waals surface area (Å²) in [5, 5.41) is 0. The van der Waals surface area contributed by atoms with Crippen molar-refractivity contribution >= 4 is 17.0 Å². The molecule has 0 atom stereocenters. The minimum atomic E-state index is -0.732. The van der Waals surface area contributed by atoms with E-state index in [1.807, 2.05) is 19.1 Å². The van der Waals surface area contributed by atoms with Gasteiger partial charge in [0.2, 0.25) is 0 Å². The van der Waals surface area contributed by atoms with Crippen molar-refractivity contribution in [2.24, 2.45) is 0 Å². The van der Waals surface area contributed by atoms with Crippen LogP contribution in [0.3, 0.4) is 0 Å². The summed E-state index contributed by atoms with van der Waals surface area (Å²) in [4.78, 5) is 10.00. The Morgan fingerprint density at radius 3 is 2.80 bits per heavy atom. The number of ether oxygens (including phenoxy) is 1. The molecule has 0 aliphatic rings. The molecular weight excluding hydrogens is 152 g/mol. The fourth-order valence-corrected chi connectivity index (χ4v) is 0.569. The molecule has 0 aromatic carbocycles. The Labute approximate surface area is 65.8 Å². The summed E-state index contributed by atoms with van der Waals surface area (Å²) in [6.07, 6.45) is 5.73. The van der Waals surface area contributed by atoms with Gasteiger partial charge in [-0.2, -0.15) is 0 Å². The zero-order valence-electron chi connectivity index (χ0n) is 5.97. The van der Waals surface area contributed by atoms with E-state index in [1.54, 1.807) is 0 Å². The van der Waals surface area contributed by atoms with Crippen LogP contribution in [0.4, 0.5) is 4.79 Å². The molecule has 10 heavy (non-hydrogen) atoms. The lowest BCUT2D eigenvalue weighted by atomic mass is 10.3. The lowest BCUT2D eigenvalue weighted by Crippen LogP contribution is -1.94. The van der Waals surface area contributed by atoms with Crippen molar-refractivity contribution in [2.75, 3.05) is 6.61 Å². The van der Waals surface area contributed by atoms with E-state index in [-0.39, 0.29) is 0 Å². The van der Waals surface area contributed by atoms with Gasteiger partial charge in [0.25, 0.3) is 0 Å². The Morgan fingerprint density at radius 2 is 2.30 bits per heavy atom. The first kappa shape index (κ1) is 9.50. The van der Waals surface area contributed by atoms with Crippen LogP contribution in [0.5, 0.6) is 0 Å². The van der Waals surface area contributed by atoms with Crippen LogP contribution in [0, 0.1) is 0 Å². The second-order valence-electron chi connectivity index (χ2n) is 1.75. The number of carbonyl (C=O) groups excluding carboxylic acids is 1. The molecule has 0 aromatic rings. The second-order valence-corrected chi connectivity index (χ2v) is 2.06. The predicted molar refractivity (Wildman–Crippen MR) is 41.2 cm³/mol. The summed E-state index contributed by atoms with van der Waals surface area (Å²) >= 11 is 4.91. The number of halogens is 1. The van der Waals surface area contributed by atoms with Gasteiger partial charge in [-0.05, 0) is 12.8 Å². The molecule has 2 nitrogen and oxygen atoms in total. The van der Waals surface area contributed by atoms with Crippen LogP contribution in [0.25, 0.3) is 0 Å². The van der Waals surface area contributed by atoms with Crippen LogP contribution in [-0.4, -0.2) is 12.0 Å². The van der Waals surface area contributed by atoms with Gasteiger partial charge in [0.1, 0.15) is 0 Å². The fraction of sp³-hybridized carbons (Fsp3) is 0.571. The van der Waals surface area contributed by atoms with Gasteiger partial charge in [-0.1, -0.05) is 19.1 Å². The Morgan fingerprint density at radius 1 is 1.60 bits per heavy atom. The third-order valence-corrected chi connectivity index (χ3v) is 1.01. The maximum atomic E-state index is 10.00. The third kappa shape index (κ3) is 7.50. The Balaban J connectivity index is 3.05. The number of carbonyl (C=O) groups is 1. The van der Waals surface area contributed by atoms with Crippen LogP contribution < -0.4 is 0 Å². The smallest absolute Gasteiger partial charge is 0.403 e. The molecule has 0 saturated carbocycles. The fourth-order valence-electron chi connectivity index (χ4n) is 0.492. The van der Waals surface area contributed by atoms with E-state index < -0.39 is 5.43 Å². The van der Waals surface area contributed by atoms with Crippen molar-refractivity contribution in [3.63, 3.8) is 0 Å². The first-order valence-electron chi connectivity index (χ1n) is 3.24. The van der Waals surface area contributed by atoms with Crippen LogP contribution in [0.1, 0.15) is 19.8 Å². The minimum Gasteiger partial charge on any atom is -0.453 e. The summed E-state index contributed by atoms with van der Waals surface area (Å²) < 4.78 is 4.46. The third-order valence-electron chi connectivity index (χ3n) is 0.902. The Bertz CT molecular complexity index is 121. The van der Waals surface area contributed by atoms with E-state index in [1.165, 1.54) is 0 Å². The number of hydrogen-bond donors (Lipinski definition) is 0. The quantitative estimate of drug-likeness (QED) is 0.361. The summed E-state index contributed by atoms with van der Waals surface area (Å²) in [6.45, 7) is 2.42. The predicted octanol–water partition coefficient (Wildman–Crippen LogP) is 2.72. The molecule has 0 bridgehead atoms. The largest absolute Gasteiger partial charge is 0.453 e. The monoisotopic (exact) mass is 162 g/mol. The highest BCUT2D eigenvalue weighted by atomic mass is 35.5. The molecule has 0 unspecified atom stereocenters. The van der Waals surface area contributed by atoms with Gasteiger partial charge >= 0.3 is 5.43 Å². The highest BCUT2D eigenvalue weighted by Gasteiger charge is 1.90. The van der Waals surface area contributed by atoms with Crippen molar-refractivity contribution in [3.05, 3.63) is 12.2 Å². The molecule has 0 aliphatic carbocycles. The first-order chi connectivity index (χ1) is 4.77.